The molecule has 1 spiro atoms. The first-order valence-corrected chi connectivity index (χ1v) is 7.25. The molecule has 1 saturated carbocycles. The van der Waals surface area contributed by atoms with Gasteiger partial charge in [0.15, 0.2) is 0 Å². The van der Waals surface area contributed by atoms with E-state index in [4.69, 9.17) is 15.2 Å². The van der Waals surface area contributed by atoms with Crippen LogP contribution in [0.4, 0.5) is 5.69 Å². The molecule has 0 amide bonds. The van der Waals surface area contributed by atoms with E-state index in [2.05, 4.69) is 13.0 Å². The summed E-state index contributed by atoms with van der Waals surface area (Å²) in [6, 6.07) is 4.07. The van der Waals surface area contributed by atoms with E-state index in [1.54, 1.807) is 0 Å². The lowest BCUT2D eigenvalue weighted by atomic mass is 9.74. The van der Waals surface area contributed by atoms with E-state index in [1.165, 1.54) is 24.8 Å². The third kappa shape index (κ3) is 2.44. The van der Waals surface area contributed by atoms with E-state index in [9.17, 15) is 0 Å². The molecule has 1 heterocycles. The monoisotopic (exact) mass is 261 g/mol. The van der Waals surface area contributed by atoms with Gasteiger partial charge in [0.25, 0.3) is 0 Å². The number of benzene rings is 1. The summed E-state index contributed by atoms with van der Waals surface area (Å²) in [4.78, 5) is 0. The molecule has 2 N–H and O–H groups in total. The molecule has 1 aromatic carbocycles. The molecule has 3 heteroatoms. The van der Waals surface area contributed by atoms with Crippen LogP contribution in [0.25, 0.3) is 0 Å². The molecule has 104 valence electrons. The number of hydrogen-bond donors (Lipinski definition) is 1. The van der Waals surface area contributed by atoms with Crippen molar-refractivity contribution in [3.8, 4) is 5.75 Å². The summed E-state index contributed by atoms with van der Waals surface area (Å²) in [5.74, 6) is 0.935. The van der Waals surface area contributed by atoms with Gasteiger partial charge in [-0.05, 0) is 44.2 Å². The summed E-state index contributed by atoms with van der Waals surface area (Å²) in [5.41, 5.74) is 9.21. The molecule has 1 aliphatic heterocycles. The number of hydrogen-bond acceptors (Lipinski definition) is 3. The first kappa shape index (κ1) is 12.8. The predicted octanol–water partition coefficient (Wildman–Crippen LogP) is 3.37. The zero-order valence-corrected chi connectivity index (χ0v) is 11.9. The van der Waals surface area contributed by atoms with Crippen molar-refractivity contribution in [2.24, 2.45) is 0 Å². The minimum Gasteiger partial charge on any atom is -0.490 e. The molecule has 2 aliphatic rings. The first-order chi connectivity index (χ1) is 9.08. The highest BCUT2D eigenvalue weighted by molar-refractivity contribution is 5.54. The Morgan fingerprint density at radius 2 is 2.05 bits per heavy atom. The number of nitrogens with two attached hydrogens (primary N) is 1. The van der Waals surface area contributed by atoms with Crippen LogP contribution >= 0.6 is 0 Å². The summed E-state index contributed by atoms with van der Waals surface area (Å²) in [6.45, 7) is 4.94. The van der Waals surface area contributed by atoms with Gasteiger partial charge in [-0.1, -0.05) is 6.07 Å². The van der Waals surface area contributed by atoms with Gasteiger partial charge in [0.2, 0.25) is 0 Å². The third-order valence-electron chi connectivity index (χ3n) is 4.57. The molecular formula is C16H23NO2. The lowest BCUT2D eigenvalue weighted by molar-refractivity contribution is -0.153. The quantitative estimate of drug-likeness (QED) is 0.830. The van der Waals surface area contributed by atoms with E-state index < -0.39 is 0 Å². The molecule has 1 aromatic rings. The van der Waals surface area contributed by atoms with Gasteiger partial charge in [0.1, 0.15) is 11.9 Å². The van der Waals surface area contributed by atoms with Gasteiger partial charge in [-0.3, -0.25) is 0 Å². The van der Waals surface area contributed by atoms with E-state index in [-0.39, 0.29) is 11.7 Å². The molecule has 2 fully saturated rings. The highest BCUT2D eigenvalue weighted by Gasteiger charge is 2.43. The zero-order chi connectivity index (χ0) is 13.5. The fourth-order valence-electron chi connectivity index (χ4n) is 3.16. The number of aryl methyl sites for hydroxylation is 2. The SMILES string of the molecule is Cc1cc(C)c(OC2CCOC3(CCC3)C2)cc1N. The van der Waals surface area contributed by atoms with Crippen molar-refractivity contribution >= 4 is 5.69 Å². The van der Waals surface area contributed by atoms with Crippen LogP contribution in [0.5, 0.6) is 5.75 Å². The van der Waals surface area contributed by atoms with Crippen LogP contribution in [-0.4, -0.2) is 18.3 Å². The molecule has 3 nitrogen and oxygen atoms in total. The van der Waals surface area contributed by atoms with Crippen molar-refractivity contribution in [1.29, 1.82) is 0 Å². The van der Waals surface area contributed by atoms with Gasteiger partial charge in [-0.15, -0.1) is 0 Å². The standard InChI is InChI=1S/C16H23NO2/c1-11-8-12(2)15(9-14(11)17)19-13-4-7-18-16(10-13)5-3-6-16/h8-9,13H,3-7,10,17H2,1-2H3. The second-order valence-electron chi connectivity index (χ2n) is 6.09. The van der Waals surface area contributed by atoms with Gasteiger partial charge in [0.05, 0.1) is 12.2 Å². The normalized spacial score (nSPS) is 25.1. The Hall–Kier alpha value is -1.22. The van der Waals surface area contributed by atoms with E-state index in [0.717, 1.165) is 36.4 Å². The Bertz CT molecular complexity index is 480. The maximum atomic E-state index is 6.19. The Balaban J connectivity index is 1.72. The van der Waals surface area contributed by atoms with Gasteiger partial charge in [-0.2, -0.15) is 0 Å². The van der Waals surface area contributed by atoms with Crippen molar-refractivity contribution in [1.82, 2.24) is 0 Å². The Morgan fingerprint density at radius 3 is 2.74 bits per heavy atom. The molecule has 1 unspecified atom stereocenters. The fraction of sp³-hybridized carbons (Fsp3) is 0.625. The lowest BCUT2D eigenvalue weighted by Gasteiger charge is -2.47. The molecule has 0 aromatic heterocycles. The largest absolute Gasteiger partial charge is 0.490 e. The van der Waals surface area contributed by atoms with Crippen LogP contribution in [0.15, 0.2) is 12.1 Å². The minimum atomic E-state index is 0.132. The highest BCUT2D eigenvalue weighted by atomic mass is 16.5. The molecule has 1 atom stereocenters. The van der Waals surface area contributed by atoms with Crippen LogP contribution < -0.4 is 10.5 Å². The average molecular weight is 261 g/mol. The number of ether oxygens (including phenoxy) is 2. The second-order valence-corrected chi connectivity index (χ2v) is 6.09. The van der Waals surface area contributed by atoms with Gasteiger partial charge in [0, 0.05) is 24.6 Å². The second kappa shape index (κ2) is 4.71. The van der Waals surface area contributed by atoms with E-state index in [0.29, 0.717) is 0 Å². The van der Waals surface area contributed by atoms with Crippen LogP contribution in [0.3, 0.4) is 0 Å². The number of nitrogen functional groups attached to an aromatic ring is 1. The summed E-state index contributed by atoms with van der Waals surface area (Å²) in [5, 5.41) is 0. The maximum absolute atomic E-state index is 6.19. The summed E-state index contributed by atoms with van der Waals surface area (Å²) in [7, 11) is 0. The Morgan fingerprint density at radius 1 is 1.26 bits per heavy atom. The smallest absolute Gasteiger partial charge is 0.124 e. The van der Waals surface area contributed by atoms with Crippen LogP contribution in [0.1, 0.15) is 43.2 Å². The molecule has 0 radical (unpaired) electrons. The van der Waals surface area contributed by atoms with Gasteiger partial charge >= 0.3 is 0 Å². The number of rotatable bonds is 2. The molecule has 1 saturated heterocycles. The van der Waals surface area contributed by atoms with Crippen LogP contribution in [0, 0.1) is 13.8 Å². The van der Waals surface area contributed by atoms with E-state index >= 15 is 0 Å². The molecule has 1 aliphatic carbocycles. The molecule has 0 bridgehead atoms. The van der Waals surface area contributed by atoms with Crippen molar-refractivity contribution in [2.75, 3.05) is 12.3 Å². The van der Waals surface area contributed by atoms with Crippen molar-refractivity contribution in [2.45, 2.75) is 57.7 Å². The van der Waals surface area contributed by atoms with Gasteiger partial charge < -0.3 is 15.2 Å². The minimum absolute atomic E-state index is 0.132. The molecule has 19 heavy (non-hydrogen) atoms. The molecular weight excluding hydrogens is 238 g/mol. The lowest BCUT2D eigenvalue weighted by Crippen LogP contribution is -2.48. The van der Waals surface area contributed by atoms with Crippen molar-refractivity contribution in [3.05, 3.63) is 23.3 Å². The number of anilines is 1. The predicted molar refractivity (Wildman–Crippen MR) is 76.5 cm³/mol. The highest BCUT2D eigenvalue weighted by Crippen LogP contribution is 2.43. The van der Waals surface area contributed by atoms with Crippen molar-refractivity contribution in [3.63, 3.8) is 0 Å². The Kier molecular flexibility index (Phi) is 3.17. The van der Waals surface area contributed by atoms with Gasteiger partial charge in [-0.25, -0.2) is 0 Å². The van der Waals surface area contributed by atoms with Crippen LogP contribution in [-0.2, 0) is 4.74 Å². The average Bonchev–Trinajstić information content (AvgIpc) is 2.34. The topological polar surface area (TPSA) is 44.5 Å². The zero-order valence-electron chi connectivity index (χ0n) is 11.9. The first-order valence-electron chi connectivity index (χ1n) is 7.25. The third-order valence-corrected chi connectivity index (χ3v) is 4.57. The summed E-state index contributed by atoms with van der Waals surface area (Å²) >= 11 is 0. The maximum Gasteiger partial charge on any atom is 0.124 e. The molecule has 3 rings (SSSR count). The van der Waals surface area contributed by atoms with Crippen molar-refractivity contribution < 1.29 is 9.47 Å². The van der Waals surface area contributed by atoms with E-state index in [1.807, 2.05) is 13.0 Å². The summed E-state index contributed by atoms with van der Waals surface area (Å²) < 4.78 is 12.1. The Labute approximate surface area is 115 Å². The fourth-order valence-corrected chi connectivity index (χ4v) is 3.16. The summed E-state index contributed by atoms with van der Waals surface area (Å²) in [6.07, 6.45) is 5.97. The van der Waals surface area contributed by atoms with Crippen LogP contribution in [0.2, 0.25) is 0 Å².